The maximum Gasteiger partial charge on any atom is 0.286 e. The van der Waals surface area contributed by atoms with Crippen LogP contribution in [0.25, 0.3) is 4.91 Å². The summed E-state index contributed by atoms with van der Waals surface area (Å²) in [5.41, 5.74) is 4.74. The lowest BCUT2D eigenvalue weighted by molar-refractivity contribution is 0.203. The van der Waals surface area contributed by atoms with Gasteiger partial charge in [0, 0.05) is 42.0 Å². The summed E-state index contributed by atoms with van der Waals surface area (Å²) in [5.74, 6) is 0. The van der Waals surface area contributed by atoms with Gasteiger partial charge in [-0.1, -0.05) is 92.5 Å². The molecule has 3 aromatic carbocycles. The van der Waals surface area contributed by atoms with Crippen LogP contribution >= 0.6 is 23.2 Å². The lowest BCUT2D eigenvalue weighted by Crippen LogP contribution is -2.44. The first-order valence-corrected chi connectivity index (χ1v) is 19.2. The number of likely N-dealkylation sites (tertiary alicyclic amines) is 1. The van der Waals surface area contributed by atoms with Crippen LogP contribution in [0, 0.1) is 0 Å². The molecule has 0 aromatic heterocycles. The SMILES string of the molecule is CC(C)(C)[Si](C)(C)ON=CCc1cccc(C(=C2CN(C(c3ccc(Cl)cc3)c3ccc(Cl)cc3)C2)S(C)(=O)=O)c1. The second-order valence-electron chi connectivity index (χ2n) is 12.2. The molecular formula is C32H38Cl2N2O3SSi. The topological polar surface area (TPSA) is 59.0 Å². The number of hydrogen-bond acceptors (Lipinski definition) is 5. The smallest absolute Gasteiger partial charge is 0.286 e. The van der Waals surface area contributed by atoms with E-state index in [1.54, 1.807) is 6.21 Å². The average molecular weight is 630 g/mol. The minimum atomic E-state index is -3.48. The summed E-state index contributed by atoms with van der Waals surface area (Å²) in [6.45, 7) is 11.9. The molecule has 0 aliphatic carbocycles. The lowest BCUT2D eigenvalue weighted by atomic mass is 9.92. The molecule has 0 atom stereocenters. The van der Waals surface area contributed by atoms with E-state index in [9.17, 15) is 8.42 Å². The van der Waals surface area contributed by atoms with Crippen LogP contribution in [-0.4, -0.2) is 47.2 Å². The molecule has 218 valence electrons. The quantitative estimate of drug-likeness (QED) is 0.136. The molecule has 0 unspecified atom stereocenters. The number of hydrogen-bond donors (Lipinski definition) is 0. The standard InChI is InChI=1S/C32H38Cl2N2O3SSi/c1-32(2,3)41(5,6)39-35-19-18-23-8-7-9-26(20-23)31(40(4,37)38)27-21-36(22-27)30(24-10-14-28(33)15-11-24)25-12-16-29(34)17-13-25/h7-17,19-20,30H,18,21-22H2,1-6H3. The maximum atomic E-state index is 13.1. The Hall–Kier alpha value is -2.42. The van der Waals surface area contributed by atoms with Crippen molar-refractivity contribution in [2.75, 3.05) is 19.3 Å². The third-order valence-electron chi connectivity index (χ3n) is 7.89. The van der Waals surface area contributed by atoms with Crippen LogP contribution in [-0.2, 0) is 20.8 Å². The van der Waals surface area contributed by atoms with Gasteiger partial charge in [-0.05, 0) is 70.2 Å². The molecule has 0 saturated carbocycles. The number of rotatable bonds is 9. The van der Waals surface area contributed by atoms with E-state index in [-0.39, 0.29) is 11.1 Å². The van der Waals surface area contributed by atoms with E-state index in [2.05, 4.69) is 43.9 Å². The molecule has 0 bridgehead atoms. The molecule has 0 radical (unpaired) electrons. The summed E-state index contributed by atoms with van der Waals surface area (Å²) in [7, 11) is -5.46. The molecule has 9 heteroatoms. The Labute approximate surface area is 255 Å². The number of benzene rings is 3. The zero-order chi connectivity index (χ0) is 30.0. The van der Waals surface area contributed by atoms with Crippen molar-refractivity contribution >= 4 is 52.5 Å². The Balaban J connectivity index is 1.58. The van der Waals surface area contributed by atoms with Crippen LogP contribution in [0.5, 0.6) is 0 Å². The number of sulfone groups is 1. The van der Waals surface area contributed by atoms with Crippen molar-refractivity contribution in [3.8, 4) is 0 Å². The first-order chi connectivity index (χ1) is 19.2. The molecule has 1 fully saturated rings. The molecule has 0 amide bonds. The Kier molecular flexibility index (Phi) is 9.56. The highest BCUT2D eigenvalue weighted by atomic mass is 35.5. The highest BCUT2D eigenvalue weighted by molar-refractivity contribution is 8.00. The van der Waals surface area contributed by atoms with Crippen molar-refractivity contribution < 1.29 is 12.9 Å². The average Bonchev–Trinajstić information content (AvgIpc) is 2.86. The summed E-state index contributed by atoms with van der Waals surface area (Å²) in [5, 5.41) is 5.68. The second-order valence-corrected chi connectivity index (χ2v) is 19.7. The largest absolute Gasteiger partial charge is 0.455 e. The molecule has 0 spiro atoms. The zero-order valence-corrected chi connectivity index (χ0v) is 27.8. The van der Waals surface area contributed by atoms with Crippen LogP contribution in [0.15, 0.2) is 83.5 Å². The summed E-state index contributed by atoms with van der Waals surface area (Å²) in [4.78, 5) is 2.66. The predicted octanol–water partition coefficient (Wildman–Crippen LogP) is 8.40. The summed E-state index contributed by atoms with van der Waals surface area (Å²) in [6.07, 6.45) is 3.60. The normalized spacial score (nSPS) is 14.9. The molecule has 3 aromatic rings. The fraction of sp³-hybridized carbons (Fsp3) is 0.344. The van der Waals surface area contributed by atoms with Gasteiger partial charge in [0.15, 0.2) is 9.84 Å². The molecular weight excluding hydrogens is 591 g/mol. The minimum absolute atomic E-state index is 0.0578. The highest BCUT2D eigenvalue weighted by Gasteiger charge is 2.39. The molecule has 1 aliphatic rings. The van der Waals surface area contributed by atoms with Gasteiger partial charge in [-0.25, -0.2) is 8.42 Å². The van der Waals surface area contributed by atoms with Crippen LogP contribution in [0.2, 0.25) is 28.2 Å². The first kappa shape index (κ1) is 31.5. The van der Waals surface area contributed by atoms with Gasteiger partial charge in [-0.2, -0.15) is 0 Å². The van der Waals surface area contributed by atoms with Gasteiger partial charge in [-0.15, -0.1) is 5.16 Å². The van der Waals surface area contributed by atoms with E-state index in [4.69, 9.17) is 27.7 Å². The van der Waals surface area contributed by atoms with Gasteiger partial charge >= 0.3 is 0 Å². The Bertz CT molecular complexity index is 1490. The van der Waals surface area contributed by atoms with Gasteiger partial charge in [0.1, 0.15) is 0 Å². The fourth-order valence-corrected chi connectivity index (χ4v) is 6.72. The van der Waals surface area contributed by atoms with Crippen molar-refractivity contribution in [1.29, 1.82) is 0 Å². The van der Waals surface area contributed by atoms with E-state index in [1.807, 2.05) is 72.8 Å². The van der Waals surface area contributed by atoms with E-state index >= 15 is 0 Å². The van der Waals surface area contributed by atoms with Crippen molar-refractivity contribution in [2.45, 2.75) is 51.4 Å². The fourth-order valence-electron chi connectivity index (χ4n) is 4.64. The van der Waals surface area contributed by atoms with Crippen molar-refractivity contribution in [1.82, 2.24) is 4.90 Å². The summed E-state index contributed by atoms with van der Waals surface area (Å²) < 4.78 is 32.1. The molecule has 41 heavy (non-hydrogen) atoms. The van der Waals surface area contributed by atoms with E-state index in [0.29, 0.717) is 40.0 Å². The molecule has 1 heterocycles. The first-order valence-electron chi connectivity index (χ1n) is 13.6. The molecule has 0 N–H and O–H groups in total. The molecule has 5 nitrogen and oxygen atoms in total. The van der Waals surface area contributed by atoms with Crippen LogP contribution < -0.4 is 0 Å². The summed E-state index contributed by atoms with van der Waals surface area (Å²) in [6, 6.07) is 23.2. The van der Waals surface area contributed by atoms with E-state index < -0.39 is 18.2 Å². The van der Waals surface area contributed by atoms with Gasteiger partial charge in [0.25, 0.3) is 8.32 Å². The Morgan fingerprint density at radius 2 is 1.51 bits per heavy atom. The Morgan fingerprint density at radius 3 is 2.00 bits per heavy atom. The van der Waals surface area contributed by atoms with Crippen LogP contribution in [0.1, 0.15) is 49.1 Å². The van der Waals surface area contributed by atoms with Gasteiger partial charge in [0.2, 0.25) is 0 Å². The van der Waals surface area contributed by atoms with Crippen molar-refractivity contribution in [2.24, 2.45) is 5.16 Å². The highest BCUT2D eigenvalue weighted by Crippen LogP contribution is 2.39. The number of oxime groups is 1. The summed E-state index contributed by atoms with van der Waals surface area (Å²) >= 11 is 12.3. The second kappa shape index (κ2) is 12.4. The molecule has 1 aliphatic heterocycles. The zero-order valence-electron chi connectivity index (χ0n) is 24.5. The van der Waals surface area contributed by atoms with Gasteiger partial charge in [0.05, 0.1) is 10.9 Å². The van der Waals surface area contributed by atoms with Gasteiger partial charge in [-0.3, -0.25) is 4.90 Å². The van der Waals surface area contributed by atoms with Crippen molar-refractivity contribution in [3.05, 3.63) is 111 Å². The van der Waals surface area contributed by atoms with Crippen LogP contribution in [0.4, 0.5) is 0 Å². The predicted molar refractivity (Wildman–Crippen MR) is 175 cm³/mol. The van der Waals surface area contributed by atoms with Gasteiger partial charge < -0.3 is 4.53 Å². The minimum Gasteiger partial charge on any atom is -0.455 e. The third kappa shape index (κ3) is 7.70. The Morgan fingerprint density at radius 1 is 0.976 bits per heavy atom. The van der Waals surface area contributed by atoms with E-state index in [1.165, 1.54) is 6.26 Å². The lowest BCUT2D eigenvalue weighted by Gasteiger charge is -2.42. The number of nitrogens with zero attached hydrogens (tertiary/aromatic N) is 2. The maximum absolute atomic E-state index is 13.1. The molecule has 1 saturated heterocycles. The molecule has 4 rings (SSSR count). The number of halogens is 2. The van der Waals surface area contributed by atoms with Crippen molar-refractivity contribution in [3.63, 3.8) is 0 Å². The van der Waals surface area contributed by atoms with E-state index in [0.717, 1.165) is 22.3 Å². The monoisotopic (exact) mass is 628 g/mol. The third-order valence-corrected chi connectivity index (χ3v) is 13.8. The van der Waals surface area contributed by atoms with Crippen LogP contribution in [0.3, 0.4) is 0 Å².